The van der Waals surface area contributed by atoms with Crippen LogP contribution < -0.4 is 0 Å². The molecule has 0 saturated carbocycles. The third kappa shape index (κ3) is 1.40. The SMILES string of the molecule is C1=C/C(=C\c2cnc[nH]2)CC1. The van der Waals surface area contributed by atoms with Gasteiger partial charge >= 0.3 is 0 Å². The van der Waals surface area contributed by atoms with Gasteiger partial charge in [0.15, 0.2) is 0 Å². The monoisotopic (exact) mass is 146 g/mol. The van der Waals surface area contributed by atoms with Crippen molar-refractivity contribution in [1.29, 1.82) is 0 Å². The van der Waals surface area contributed by atoms with Crippen LogP contribution in [0.2, 0.25) is 0 Å². The second-order valence-corrected chi connectivity index (χ2v) is 2.67. The first-order valence-corrected chi connectivity index (χ1v) is 3.80. The predicted molar refractivity (Wildman–Crippen MR) is 44.9 cm³/mol. The first-order chi connectivity index (χ1) is 5.45. The predicted octanol–water partition coefficient (Wildman–Crippen LogP) is 2.14. The highest BCUT2D eigenvalue weighted by atomic mass is 14.8. The number of H-pyrrole nitrogens is 1. The summed E-state index contributed by atoms with van der Waals surface area (Å²) in [6.45, 7) is 0. The van der Waals surface area contributed by atoms with Gasteiger partial charge in [0.2, 0.25) is 0 Å². The third-order valence-electron chi connectivity index (χ3n) is 1.79. The Morgan fingerprint density at radius 1 is 1.55 bits per heavy atom. The van der Waals surface area contributed by atoms with Crippen molar-refractivity contribution >= 4 is 6.08 Å². The van der Waals surface area contributed by atoms with Crippen molar-refractivity contribution in [2.75, 3.05) is 0 Å². The highest BCUT2D eigenvalue weighted by molar-refractivity contribution is 5.52. The Kier molecular flexibility index (Phi) is 1.60. The lowest BCUT2D eigenvalue weighted by molar-refractivity contribution is 1.07. The first-order valence-electron chi connectivity index (χ1n) is 3.80. The summed E-state index contributed by atoms with van der Waals surface area (Å²) >= 11 is 0. The van der Waals surface area contributed by atoms with Crippen molar-refractivity contribution in [3.63, 3.8) is 0 Å². The van der Waals surface area contributed by atoms with Crippen LogP contribution in [0.5, 0.6) is 0 Å². The lowest BCUT2D eigenvalue weighted by Gasteiger charge is -1.89. The molecule has 0 aromatic carbocycles. The maximum absolute atomic E-state index is 3.94. The molecule has 0 unspecified atom stereocenters. The summed E-state index contributed by atoms with van der Waals surface area (Å²) in [7, 11) is 0. The molecule has 1 aromatic heterocycles. The lowest BCUT2D eigenvalue weighted by atomic mass is 10.2. The van der Waals surface area contributed by atoms with Crippen LogP contribution in [0.1, 0.15) is 18.5 Å². The van der Waals surface area contributed by atoms with Gasteiger partial charge in [-0.3, -0.25) is 0 Å². The smallest absolute Gasteiger partial charge is 0.0924 e. The minimum Gasteiger partial charge on any atom is -0.345 e. The number of nitrogens with one attached hydrogen (secondary N) is 1. The summed E-state index contributed by atoms with van der Waals surface area (Å²) in [5.74, 6) is 0. The minimum absolute atomic E-state index is 1.09. The van der Waals surface area contributed by atoms with Crippen molar-refractivity contribution in [3.05, 3.63) is 35.9 Å². The molecule has 0 radical (unpaired) electrons. The van der Waals surface area contributed by atoms with Gasteiger partial charge < -0.3 is 4.98 Å². The summed E-state index contributed by atoms with van der Waals surface area (Å²) in [6, 6.07) is 0. The average molecular weight is 146 g/mol. The minimum atomic E-state index is 1.09. The molecular weight excluding hydrogens is 136 g/mol. The van der Waals surface area contributed by atoms with E-state index in [-0.39, 0.29) is 0 Å². The molecule has 1 N–H and O–H groups in total. The Hall–Kier alpha value is -1.31. The fourth-order valence-electron chi connectivity index (χ4n) is 1.23. The number of imidazole rings is 1. The molecule has 1 aliphatic carbocycles. The van der Waals surface area contributed by atoms with Gasteiger partial charge in [0.05, 0.1) is 18.2 Å². The van der Waals surface area contributed by atoms with Gasteiger partial charge in [0.25, 0.3) is 0 Å². The molecule has 1 aromatic rings. The molecule has 1 heterocycles. The van der Waals surface area contributed by atoms with E-state index in [0.29, 0.717) is 0 Å². The van der Waals surface area contributed by atoms with E-state index >= 15 is 0 Å². The summed E-state index contributed by atoms with van der Waals surface area (Å²) in [5.41, 5.74) is 2.47. The van der Waals surface area contributed by atoms with E-state index in [4.69, 9.17) is 0 Å². The number of hydrogen-bond acceptors (Lipinski definition) is 1. The first kappa shape index (κ1) is 6.40. The summed E-state index contributed by atoms with van der Waals surface area (Å²) in [6.07, 6.45) is 12.4. The molecule has 11 heavy (non-hydrogen) atoms. The standard InChI is InChI=1S/C9H10N2/c1-2-4-8(3-1)5-9-6-10-7-11-9/h1,3,5-7H,2,4H2,(H,10,11)/b8-5+. The average Bonchev–Trinajstić information content (AvgIpc) is 2.60. The number of nitrogens with zero attached hydrogens (tertiary/aromatic N) is 1. The number of allylic oxidation sites excluding steroid dienone is 3. The summed E-state index contributed by atoms with van der Waals surface area (Å²) in [4.78, 5) is 6.98. The van der Waals surface area contributed by atoms with Gasteiger partial charge in [-0.1, -0.05) is 12.2 Å². The van der Waals surface area contributed by atoms with Crippen molar-refractivity contribution in [1.82, 2.24) is 9.97 Å². The van der Waals surface area contributed by atoms with Crippen LogP contribution in [-0.4, -0.2) is 9.97 Å². The van der Waals surface area contributed by atoms with Crippen LogP contribution in [0, 0.1) is 0 Å². The zero-order chi connectivity index (χ0) is 7.52. The summed E-state index contributed by atoms with van der Waals surface area (Å²) < 4.78 is 0. The number of aromatic nitrogens is 2. The van der Waals surface area contributed by atoms with Gasteiger partial charge in [0, 0.05) is 0 Å². The molecule has 1 aliphatic rings. The fourth-order valence-corrected chi connectivity index (χ4v) is 1.23. The maximum atomic E-state index is 3.94. The highest BCUT2D eigenvalue weighted by Crippen LogP contribution is 2.17. The Balaban J connectivity index is 2.20. The summed E-state index contributed by atoms with van der Waals surface area (Å²) in [5, 5.41) is 0. The molecule has 0 spiro atoms. The molecule has 0 fully saturated rings. The van der Waals surface area contributed by atoms with Crippen LogP contribution in [0.3, 0.4) is 0 Å². The molecule has 0 saturated heterocycles. The van der Waals surface area contributed by atoms with Crippen LogP contribution in [0.25, 0.3) is 6.08 Å². The van der Waals surface area contributed by atoms with Crippen molar-refractivity contribution < 1.29 is 0 Å². The van der Waals surface area contributed by atoms with Gasteiger partial charge in [-0.25, -0.2) is 4.98 Å². The van der Waals surface area contributed by atoms with E-state index in [2.05, 4.69) is 28.2 Å². The Bertz CT molecular complexity index is 281. The zero-order valence-electron chi connectivity index (χ0n) is 6.25. The van der Waals surface area contributed by atoms with Crippen molar-refractivity contribution in [3.8, 4) is 0 Å². The van der Waals surface area contributed by atoms with Gasteiger partial charge in [-0.05, 0) is 24.5 Å². The Morgan fingerprint density at radius 2 is 2.55 bits per heavy atom. The molecule has 2 rings (SSSR count). The topological polar surface area (TPSA) is 28.7 Å². The Labute approximate surface area is 65.7 Å². The number of aromatic amines is 1. The maximum Gasteiger partial charge on any atom is 0.0924 e. The molecule has 2 nitrogen and oxygen atoms in total. The second kappa shape index (κ2) is 2.74. The van der Waals surface area contributed by atoms with Gasteiger partial charge in [0.1, 0.15) is 0 Å². The quantitative estimate of drug-likeness (QED) is 0.646. The van der Waals surface area contributed by atoms with E-state index < -0.39 is 0 Å². The normalized spacial score (nSPS) is 19.8. The molecule has 0 aliphatic heterocycles. The number of hydrogen-bond donors (Lipinski definition) is 1. The highest BCUT2D eigenvalue weighted by Gasteiger charge is 1.98. The molecular formula is C9H10N2. The number of rotatable bonds is 1. The van der Waals surface area contributed by atoms with E-state index in [1.807, 2.05) is 6.20 Å². The van der Waals surface area contributed by atoms with Crippen LogP contribution in [0.15, 0.2) is 30.2 Å². The van der Waals surface area contributed by atoms with E-state index in [0.717, 1.165) is 5.69 Å². The second-order valence-electron chi connectivity index (χ2n) is 2.67. The molecule has 0 atom stereocenters. The van der Waals surface area contributed by atoms with Crippen LogP contribution in [-0.2, 0) is 0 Å². The molecule has 0 bridgehead atoms. The Morgan fingerprint density at radius 3 is 3.18 bits per heavy atom. The van der Waals surface area contributed by atoms with E-state index in [1.165, 1.54) is 18.4 Å². The van der Waals surface area contributed by atoms with Crippen molar-refractivity contribution in [2.24, 2.45) is 0 Å². The largest absolute Gasteiger partial charge is 0.345 e. The van der Waals surface area contributed by atoms with Gasteiger partial charge in [-0.2, -0.15) is 0 Å². The third-order valence-corrected chi connectivity index (χ3v) is 1.79. The van der Waals surface area contributed by atoms with Crippen LogP contribution >= 0.6 is 0 Å². The lowest BCUT2D eigenvalue weighted by Crippen LogP contribution is -1.73. The zero-order valence-corrected chi connectivity index (χ0v) is 6.25. The molecule has 56 valence electrons. The van der Waals surface area contributed by atoms with Gasteiger partial charge in [-0.15, -0.1) is 0 Å². The van der Waals surface area contributed by atoms with E-state index in [9.17, 15) is 0 Å². The molecule has 0 amide bonds. The fraction of sp³-hybridized carbons (Fsp3) is 0.222. The molecule has 2 heteroatoms. The van der Waals surface area contributed by atoms with E-state index in [1.54, 1.807) is 6.33 Å². The van der Waals surface area contributed by atoms with Crippen molar-refractivity contribution in [2.45, 2.75) is 12.8 Å². The van der Waals surface area contributed by atoms with Crippen LogP contribution in [0.4, 0.5) is 0 Å².